The number of ether oxygens (including phenoxy) is 1. The number of benzene rings is 2. The van der Waals surface area contributed by atoms with Gasteiger partial charge in [0, 0.05) is 0 Å². The Hall–Kier alpha value is -2.29. The SMILES string of the molecule is CCCOc1ccc(-c2cc(C)ccc2C(=O)O)cc1. The molecule has 104 valence electrons. The van der Waals surface area contributed by atoms with Gasteiger partial charge in [-0.15, -0.1) is 0 Å². The van der Waals surface area contributed by atoms with Gasteiger partial charge in [-0.1, -0.05) is 36.8 Å². The normalized spacial score (nSPS) is 10.3. The summed E-state index contributed by atoms with van der Waals surface area (Å²) < 4.78 is 5.53. The van der Waals surface area contributed by atoms with Gasteiger partial charge in [-0.3, -0.25) is 0 Å². The molecule has 0 saturated heterocycles. The van der Waals surface area contributed by atoms with Crippen molar-refractivity contribution >= 4 is 5.97 Å². The van der Waals surface area contributed by atoms with E-state index in [0.717, 1.165) is 28.9 Å². The summed E-state index contributed by atoms with van der Waals surface area (Å²) in [7, 11) is 0. The Morgan fingerprint density at radius 3 is 2.45 bits per heavy atom. The number of carboxylic acids is 1. The van der Waals surface area contributed by atoms with E-state index in [1.807, 2.05) is 43.3 Å². The van der Waals surface area contributed by atoms with E-state index in [4.69, 9.17) is 4.74 Å². The van der Waals surface area contributed by atoms with Crippen LogP contribution < -0.4 is 4.74 Å². The molecule has 0 bridgehead atoms. The van der Waals surface area contributed by atoms with Crippen LogP contribution in [0, 0.1) is 6.92 Å². The maximum Gasteiger partial charge on any atom is 0.336 e. The second kappa shape index (κ2) is 6.24. The van der Waals surface area contributed by atoms with Crippen molar-refractivity contribution in [1.29, 1.82) is 0 Å². The highest BCUT2D eigenvalue weighted by Crippen LogP contribution is 2.27. The van der Waals surface area contributed by atoms with E-state index in [2.05, 4.69) is 6.92 Å². The molecule has 0 aromatic heterocycles. The fourth-order valence-electron chi connectivity index (χ4n) is 2.03. The van der Waals surface area contributed by atoms with Crippen LogP contribution in [0.25, 0.3) is 11.1 Å². The fraction of sp³-hybridized carbons (Fsp3) is 0.235. The van der Waals surface area contributed by atoms with E-state index < -0.39 is 5.97 Å². The van der Waals surface area contributed by atoms with E-state index in [1.165, 1.54) is 0 Å². The Morgan fingerprint density at radius 1 is 1.15 bits per heavy atom. The standard InChI is InChI=1S/C17H18O3/c1-3-10-20-14-7-5-13(6-8-14)16-11-12(2)4-9-15(16)17(18)19/h4-9,11H,3,10H2,1-2H3,(H,18,19). The fourth-order valence-corrected chi connectivity index (χ4v) is 2.03. The molecule has 0 spiro atoms. The summed E-state index contributed by atoms with van der Waals surface area (Å²) in [5.41, 5.74) is 2.98. The van der Waals surface area contributed by atoms with Crippen molar-refractivity contribution in [3.8, 4) is 16.9 Å². The molecule has 0 aliphatic carbocycles. The first-order valence-corrected chi connectivity index (χ1v) is 6.69. The van der Waals surface area contributed by atoms with Gasteiger partial charge in [0.25, 0.3) is 0 Å². The molecule has 0 aliphatic heterocycles. The maximum atomic E-state index is 11.3. The maximum absolute atomic E-state index is 11.3. The van der Waals surface area contributed by atoms with Crippen molar-refractivity contribution in [1.82, 2.24) is 0 Å². The average molecular weight is 270 g/mol. The van der Waals surface area contributed by atoms with E-state index in [0.29, 0.717) is 12.2 Å². The second-order valence-electron chi connectivity index (χ2n) is 4.73. The van der Waals surface area contributed by atoms with Gasteiger partial charge in [0.1, 0.15) is 5.75 Å². The number of carboxylic acid groups (broad SMARTS) is 1. The minimum Gasteiger partial charge on any atom is -0.494 e. The van der Waals surface area contributed by atoms with Gasteiger partial charge in [0.2, 0.25) is 0 Å². The van der Waals surface area contributed by atoms with Gasteiger partial charge in [-0.05, 0) is 42.7 Å². The Labute approximate surface area is 118 Å². The third kappa shape index (κ3) is 3.18. The molecule has 0 saturated carbocycles. The molecule has 2 rings (SSSR count). The summed E-state index contributed by atoms with van der Waals surface area (Å²) in [6.07, 6.45) is 0.961. The number of carbonyl (C=O) groups is 1. The summed E-state index contributed by atoms with van der Waals surface area (Å²) in [5, 5.41) is 9.26. The molecule has 0 unspecified atom stereocenters. The molecule has 0 fully saturated rings. The molecule has 3 nitrogen and oxygen atoms in total. The highest BCUT2D eigenvalue weighted by Gasteiger charge is 2.11. The molecule has 3 heteroatoms. The quantitative estimate of drug-likeness (QED) is 0.887. The molecule has 0 heterocycles. The van der Waals surface area contributed by atoms with E-state index in [1.54, 1.807) is 6.07 Å². The lowest BCUT2D eigenvalue weighted by Crippen LogP contribution is -2.00. The van der Waals surface area contributed by atoms with Crippen LogP contribution in [0.2, 0.25) is 0 Å². The molecule has 20 heavy (non-hydrogen) atoms. The predicted octanol–water partition coefficient (Wildman–Crippen LogP) is 4.15. The first-order valence-electron chi connectivity index (χ1n) is 6.69. The van der Waals surface area contributed by atoms with Crippen molar-refractivity contribution in [2.75, 3.05) is 6.61 Å². The first-order chi connectivity index (χ1) is 9.61. The van der Waals surface area contributed by atoms with Crippen LogP contribution >= 0.6 is 0 Å². The van der Waals surface area contributed by atoms with Crippen molar-refractivity contribution in [2.45, 2.75) is 20.3 Å². The number of rotatable bonds is 5. The van der Waals surface area contributed by atoms with Crippen LogP contribution in [0.4, 0.5) is 0 Å². The van der Waals surface area contributed by atoms with Gasteiger partial charge < -0.3 is 9.84 Å². The largest absolute Gasteiger partial charge is 0.494 e. The molecule has 0 aliphatic rings. The third-order valence-electron chi connectivity index (χ3n) is 3.04. The zero-order chi connectivity index (χ0) is 14.5. The highest BCUT2D eigenvalue weighted by atomic mass is 16.5. The summed E-state index contributed by atoms with van der Waals surface area (Å²) >= 11 is 0. The van der Waals surface area contributed by atoms with Crippen molar-refractivity contribution in [3.63, 3.8) is 0 Å². The molecule has 0 amide bonds. The van der Waals surface area contributed by atoms with Crippen LogP contribution in [0.1, 0.15) is 29.3 Å². The highest BCUT2D eigenvalue weighted by molar-refractivity contribution is 5.96. The lowest BCUT2D eigenvalue weighted by molar-refractivity contribution is 0.0697. The predicted molar refractivity (Wildman–Crippen MR) is 79.4 cm³/mol. The van der Waals surface area contributed by atoms with Gasteiger partial charge in [-0.2, -0.15) is 0 Å². The lowest BCUT2D eigenvalue weighted by Gasteiger charge is -2.09. The minimum absolute atomic E-state index is 0.317. The third-order valence-corrected chi connectivity index (χ3v) is 3.04. The summed E-state index contributed by atoms with van der Waals surface area (Å²) in [4.78, 5) is 11.3. The van der Waals surface area contributed by atoms with Gasteiger partial charge in [0.05, 0.1) is 12.2 Å². The van der Waals surface area contributed by atoms with Crippen molar-refractivity contribution < 1.29 is 14.6 Å². The monoisotopic (exact) mass is 270 g/mol. The van der Waals surface area contributed by atoms with Crippen LogP contribution in [0.5, 0.6) is 5.75 Å². The Morgan fingerprint density at radius 2 is 1.85 bits per heavy atom. The molecule has 0 atom stereocenters. The van der Waals surface area contributed by atoms with Crippen LogP contribution in [0.3, 0.4) is 0 Å². The number of aromatic carboxylic acids is 1. The molecular formula is C17H18O3. The zero-order valence-electron chi connectivity index (χ0n) is 11.7. The van der Waals surface area contributed by atoms with E-state index in [9.17, 15) is 9.90 Å². The summed E-state index contributed by atoms with van der Waals surface area (Å²) in [6.45, 7) is 4.69. The second-order valence-corrected chi connectivity index (χ2v) is 4.73. The summed E-state index contributed by atoms with van der Waals surface area (Å²) in [6, 6.07) is 12.9. The molecule has 0 radical (unpaired) electrons. The Kier molecular flexibility index (Phi) is 4.41. The number of hydrogen-bond donors (Lipinski definition) is 1. The first kappa shape index (κ1) is 14.1. The smallest absolute Gasteiger partial charge is 0.336 e. The van der Waals surface area contributed by atoms with Crippen molar-refractivity contribution in [2.24, 2.45) is 0 Å². The van der Waals surface area contributed by atoms with Crippen LogP contribution in [-0.2, 0) is 0 Å². The molecular weight excluding hydrogens is 252 g/mol. The lowest BCUT2D eigenvalue weighted by atomic mass is 9.97. The molecule has 2 aromatic carbocycles. The van der Waals surface area contributed by atoms with E-state index in [-0.39, 0.29) is 0 Å². The topological polar surface area (TPSA) is 46.5 Å². The van der Waals surface area contributed by atoms with Gasteiger partial charge in [-0.25, -0.2) is 4.79 Å². The van der Waals surface area contributed by atoms with Crippen LogP contribution in [-0.4, -0.2) is 17.7 Å². The van der Waals surface area contributed by atoms with E-state index >= 15 is 0 Å². The minimum atomic E-state index is -0.911. The number of aryl methyl sites for hydroxylation is 1. The summed E-state index contributed by atoms with van der Waals surface area (Å²) in [5.74, 6) is -0.105. The number of hydrogen-bond acceptors (Lipinski definition) is 2. The Balaban J connectivity index is 2.36. The van der Waals surface area contributed by atoms with Gasteiger partial charge in [0.15, 0.2) is 0 Å². The van der Waals surface area contributed by atoms with Crippen LogP contribution in [0.15, 0.2) is 42.5 Å². The van der Waals surface area contributed by atoms with Gasteiger partial charge >= 0.3 is 5.97 Å². The molecule has 1 N–H and O–H groups in total. The molecule has 2 aromatic rings. The average Bonchev–Trinajstić information content (AvgIpc) is 2.45. The Bertz CT molecular complexity index is 600. The zero-order valence-corrected chi connectivity index (χ0v) is 11.7. The van der Waals surface area contributed by atoms with Crippen molar-refractivity contribution in [3.05, 3.63) is 53.6 Å².